The predicted molar refractivity (Wildman–Crippen MR) is 120 cm³/mol. The highest BCUT2D eigenvalue weighted by Crippen LogP contribution is 2.20. The Morgan fingerprint density at radius 3 is 2.50 bits per heavy atom. The highest BCUT2D eigenvalue weighted by Gasteiger charge is 2.15. The Bertz CT molecular complexity index is 1130. The van der Waals surface area contributed by atoms with Crippen molar-refractivity contribution in [3.63, 3.8) is 0 Å². The first-order valence-electron chi connectivity index (χ1n) is 10.3. The van der Waals surface area contributed by atoms with E-state index in [-0.39, 0.29) is 11.4 Å². The molecule has 1 aliphatic rings. The lowest BCUT2D eigenvalue weighted by Crippen LogP contribution is -2.31. The Kier molecular flexibility index (Phi) is 6.15. The zero-order chi connectivity index (χ0) is 21.0. The summed E-state index contributed by atoms with van der Waals surface area (Å²) in [5, 5.41) is 5.06. The molecule has 7 nitrogen and oxygen atoms in total. The molecule has 2 heterocycles. The summed E-state index contributed by atoms with van der Waals surface area (Å²) >= 11 is 0. The fourth-order valence-electron chi connectivity index (χ4n) is 3.69. The fourth-order valence-corrected chi connectivity index (χ4v) is 4.76. The van der Waals surface area contributed by atoms with Crippen LogP contribution in [0.3, 0.4) is 0 Å². The van der Waals surface area contributed by atoms with Crippen LogP contribution in [0, 0.1) is 6.92 Å². The van der Waals surface area contributed by atoms with Gasteiger partial charge in [0.1, 0.15) is 5.82 Å². The van der Waals surface area contributed by atoms with Gasteiger partial charge in [0.25, 0.3) is 0 Å². The molecule has 8 heteroatoms. The molecule has 4 rings (SSSR count). The van der Waals surface area contributed by atoms with Crippen LogP contribution in [0.5, 0.6) is 0 Å². The molecule has 0 unspecified atom stereocenters. The number of hydrogen-bond acceptors (Lipinski definition) is 6. The number of rotatable bonds is 7. The summed E-state index contributed by atoms with van der Waals surface area (Å²) in [5.41, 5.74) is 0.893. The summed E-state index contributed by atoms with van der Waals surface area (Å²) in [6.45, 7) is 4.62. The third-order valence-electron chi connectivity index (χ3n) is 5.25. The number of anilines is 2. The summed E-state index contributed by atoms with van der Waals surface area (Å²) in [5.74, 6) is 1.46. The van der Waals surface area contributed by atoms with E-state index in [1.54, 1.807) is 12.1 Å². The molecular weight excluding hydrogens is 398 g/mol. The Labute approximate surface area is 177 Å². The SMILES string of the molecule is Cc1cc(N2CCCCC2)nc(NCCNS(=O)(=O)c2ccc3ccccc3c2)n1. The molecular formula is C22H27N5O2S. The second kappa shape index (κ2) is 8.97. The van der Waals surface area contributed by atoms with Gasteiger partial charge in [0.15, 0.2) is 0 Å². The number of nitrogens with zero attached hydrogens (tertiary/aromatic N) is 3. The summed E-state index contributed by atoms with van der Waals surface area (Å²) < 4.78 is 27.9. The van der Waals surface area contributed by atoms with Crippen LogP contribution >= 0.6 is 0 Å². The molecule has 0 saturated carbocycles. The van der Waals surface area contributed by atoms with E-state index >= 15 is 0 Å². The van der Waals surface area contributed by atoms with Crippen molar-refractivity contribution in [1.82, 2.24) is 14.7 Å². The second-order valence-electron chi connectivity index (χ2n) is 7.57. The molecule has 30 heavy (non-hydrogen) atoms. The highest BCUT2D eigenvalue weighted by atomic mass is 32.2. The Morgan fingerprint density at radius 2 is 1.70 bits per heavy atom. The van der Waals surface area contributed by atoms with Crippen molar-refractivity contribution >= 4 is 32.6 Å². The van der Waals surface area contributed by atoms with Crippen molar-refractivity contribution in [3.05, 3.63) is 54.2 Å². The molecule has 1 aromatic heterocycles. The summed E-state index contributed by atoms with van der Waals surface area (Å²) in [4.78, 5) is 11.6. The van der Waals surface area contributed by atoms with Crippen LogP contribution in [0.25, 0.3) is 10.8 Å². The lowest BCUT2D eigenvalue weighted by molar-refractivity contribution is 0.573. The smallest absolute Gasteiger partial charge is 0.240 e. The molecule has 1 fully saturated rings. The average molecular weight is 426 g/mol. The maximum Gasteiger partial charge on any atom is 0.240 e. The van der Waals surface area contributed by atoms with Crippen molar-refractivity contribution in [3.8, 4) is 0 Å². The van der Waals surface area contributed by atoms with Gasteiger partial charge in [-0.1, -0.05) is 30.3 Å². The maximum absolute atomic E-state index is 12.6. The van der Waals surface area contributed by atoms with Gasteiger partial charge in [-0.15, -0.1) is 0 Å². The molecule has 0 amide bonds. The van der Waals surface area contributed by atoms with E-state index in [9.17, 15) is 8.42 Å². The van der Waals surface area contributed by atoms with Crippen molar-refractivity contribution in [2.45, 2.75) is 31.1 Å². The van der Waals surface area contributed by atoms with Gasteiger partial charge in [-0.3, -0.25) is 0 Å². The fraction of sp³-hybridized carbons (Fsp3) is 0.364. The van der Waals surface area contributed by atoms with Crippen LogP contribution < -0.4 is 14.9 Å². The number of nitrogens with one attached hydrogen (secondary N) is 2. The van der Waals surface area contributed by atoms with Crippen LogP contribution in [0.4, 0.5) is 11.8 Å². The van der Waals surface area contributed by atoms with E-state index in [1.807, 2.05) is 43.3 Å². The van der Waals surface area contributed by atoms with E-state index in [0.29, 0.717) is 12.5 Å². The normalized spacial score (nSPS) is 14.8. The molecule has 3 aromatic rings. The van der Waals surface area contributed by atoms with Crippen LogP contribution in [-0.2, 0) is 10.0 Å². The Morgan fingerprint density at radius 1 is 0.933 bits per heavy atom. The number of aromatic nitrogens is 2. The quantitative estimate of drug-likeness (QED) is 0.565. The van der Waals surface area contributed by atoms with Gasteiger partial charge < -0.3 is 10.2 Å². The molecule has 1 saturated heterocycles. The molecule has 158 valence electrons. The molecule has 1 aliphatic heterocycles. The predicted octanol–water partition coefficient (Wildman–Crippen LogP) is 3.32. The monoisotopic (exact) mass is 425 g/mol. The van der Waals surface area contributed by atoms with E-state index in [2.05, 4.69) is 24.9 Å². The average Bonchev–Trinajstić information content (AvgIpc) is 2.77. The van der Waals surface area contributed by atoms with Crippen LogP contribution in [0.1, 0.15) is 25.0 Å². The third kappa shape index (κ3) is 4.88. The van der Waals surface area contributed by atoms with Gasteiger partial charge in [-0.2, -0.15) is 4.98 Å². The van der Waals surface area contributed by atoms with Gasteiger partial charge in [0, 0.05) is 37.9 Å². The van der Waals surface area contributed by atoms with Crippen molar-refractivity contribution in [2.75, 3.05) is 36.4 Å². The molecule has 0 bridgehead atoms. The standard InChI is InChI=1S/C22H27N5O2S/c1-17-15-21(27-13-5-2-6-14-27)26-22(25-17)23-11-12-24-30(28,29)20-10-9-18-7-3-4-8-19(18)16-20/h3-4,7-10,15-16,24H,2,5-6,11-14H2,1H3,(H,23,25,26). The van der Waals surface area contributed by atoms with Crippen molar-refractivity contribution in [1.29, 1.82) is 0 Å². The van der Waals surface area contributed by atoms with Gasteiger partial charge in [0.2, 0.25) is 16.0 Å². The first-order chi connectivity index (χ1) is 14.5. The minimum Gasteiger partial charge on any atom is -0.356 e. The van der Waals surface area contributed by atoms with E-state index in [0.717, 1.165) is 35.4 Å². The second-order valence-corrected chi connectivity index (χ2v) is 9.34. The Hall–Kier alpha value is -2.71. The first-order valence-corrected chi connectivity index (χ1v) is 11.8. The molecule has 0 aliphatic carbocycles. The zero-order valence-corrected chi connectivity index (χ0v) is 18.0. The zero-order valence-electron chi connectivity index (χ0n) is 17.1. The van der Waals surface area contributed by atoms with E-state index in [1.165, 1.54) is 19.3 Å². The number of aryl methyl sites for hydroxylation is 1. The Balaban J connectivity index is 1.36. The number of hydrogen-bond donors (Lipinski definition) is 2. The summed E-state index contributed by atoms with van der Waals surface area (Å²) in [7, 11) is -3.58. The van der Waals surface area contributed by atoms with Crippen LogP contribution in [0.15, 0.2) is 53.4 Å². The highest BCUT2D eigenvalue weighted by molar-refractivity contribution is 7.89. The lowest BCUT2D eigenvalue weighted by Gasteiger charge is -2.28. The van der Waals surface area contributed by atoms with Gasteiger partial charge >= 0.3 is 0 Å². The van der Waals surface area contributed by atoms with Gasteiger partial charge in [0.05, 0.1) is 4.90 Å². The molecule has 0 radical (unpaired) electrons. The number of sulfonamides is 1. The minimum absolute atomic E-state index is 0.242. The van der Waals surface area contributed by atoms with E-state index in [4.69, 9.17) is 0 Å². The van der Waals surface area contributed by atoms with Crippen molar-refractivity contribution in [2.24, 2.45) is 0 Å². The lowest BCUT2D eigenvalue weighted by atomic mass is 10.1. The number of piperidine rings is 1. The topological polar surface area (TPSA) is 87.2 Å². The maximum atomic E-state index is 12.6. The first kappa shape index (κ1) is 20.6. The molecule has 0 spiro atoms. The number of fused-ring (bicyclic) bond motifs is 1. The summed E-state index contributed by atoms with van der Waals surface area (Å²) in [6, 6.07) is 14.9. The van der Waals surface area contributed by atoms with Crippen LogP contribution in [0.2, 0.25) is 0 Å². The number of benzene rings is 2. The third-order valence-corrected chi connectivity index (χ3v) is 6.71. The molecule has 2 N–H and O–H groups in total. The van der Waals surface area contributed by atoms with Gasteiger partial charge in [-0.25, -0.2) is 18.1 Å². The molecule has 2 aromatic carbocycles. The van der Waals surface area contributed by atoms with E-state index < -0.39 is 10.0 Å². The summed E-state index contributed by atoms with van der Waals surface area (Å²) in [6.07, 6.45) is 3.63. The minimum atomic E-state index is -3.58. The van der Waals surface area contributed by atoms with Crippen LogP contribution in [-0.4, -0.2) is 44.6 Å². The largest absolute Gasteiger partial charge is 0.356 e. The van der Waals surface area contributed by atoms with Crippen molar-refractivity contribution < 1.29 is 8.42 Å². The molecule has 0 atom stereocenters. The van der Waals surface area contributed by atoms with Gasteiger partial charge in [-0.05, 0) is 49.1 Å².